The molecule has 1 saturated carbocycles. The predicted octanol–water partition coefficient (Wildman–Crippen LogP) is 3.31. The van der Waals surface area contributed by atoms with E-state index >= 15 is 0 Å². The van der Waals surface area contributed by atoms with E-state index in [1.807, 2.05) is 11.0 Å². The molecule has 0 aliphatic heterocycles. The molecule has 1 aliphatic rings. The third-order valence-electron chi connectivity index (χ3n) is 3.44. The molecule has 1 aromatic heterocycles. The maximum absolute atomic E-state index is 13.9. The molecule has 0 unspecified atom stereocenters. The van der Waals surface area contributed by atoms with E-state index in [1.165, 1.54) is 6.07 Å². The van der Waals surface area contributed by atoms with Gasteiger partial charge in [0.2, 0.25) is 0 Å². The molecule has 1 aromatic carbocycles. The maximum atomic E-state index is 13.9. The van der Waals surface area contributed by atoms with Gasteiger partial charge in [-0.25, -0.2) is 4.39 Å². The van der Waals surface area contributed by atoms with E-state index in [0.717, 1.165) is 12.8 Å². The van der Waals surface area contributed by atoms with Crippen molar-refractivity contribution in [2.45, 2.75) is 25.4 Å². The summed E-state index contributed by atoms with van der Waals surface area (Å²) in [7, 11) is 0. The molecule has 0 N–H and O–H groups in total. The molecule has 1 fully saturated rings. The summed E-state index contributed by atoms with van der Waals surface area (Å²) in [6.45, 7) is 0.344. The Morgan fingerprint density at radius 1 is 1.29 bits per heavy atom. The summed E-state index contributed by atoms with van der Waals surface area (Å²) in [6, 6.07) is 10.3. The minimum absolute atomic E-state index is 0.262. The lowest BCUT2D eigenvalue weighted by molar-refractivity contribution is 0.602. The lowest BCUT2D eigenvalue weighted by atomic mass is 10.2. The van der Waals surface area contributed by atoms with E-state index in [1.54, 1.807) is 24.3 Å². The first-order chi connectivity index (χ1) is 10.2. The molecule has 0 bridgehead atoms. The van der Waals surface area contributed by atoms with Crippen molar-refractivity contribution in [1.29, 1.82) is 5.26 Å². The minimum atomic E-state index is -0.324. The predicted molar refractivity (Wildman–Crippen MR) is 77.4 cm³/mol. The molecule has 0 saturated heterocycles. The molecule has 0 atom stereocenters. The second kappa shape index (κ2) is 5.66. The maximum Gasteiger partial charge on any atom is 0.163 e. The van der Waals surface area contributed by atoms with Crippen molar-refractivity contribution in [3.05, 3.63) is 52.4 Å². The van der Waals surface area contributed by atoms with Crippen LogP contribution in [-0.2, 0) is 6.54 Å². The Labute approximate surface area is 126 Å². The van der Waals surface area contributed by atoms with Crippen molar-refractivity contribution in [1.82, 2.24) is 10.2 Å². The van der Waals surface area contributed by atoms with Gasteiger partial charge in [-0.1, -0.05) is 17.7 Å². The zero-order valence-corrected chi connectivity index (χ0v) is 11.9. The summed E-state index contributed by atoms with van der Waals surface area (Å²) in [5.41, 5.74) is 0.718. The first-order valence-corrected chi connectivity index (χ1v) is 7.00. The zero-order chi connectivity index (χ0) is 14.8. The normalized spacial score (nSPS) is 13.8. The molecule has 0 spiro atoms. The van der Waals surface area contributed by atoms with E-state index in [-0.39, 0.29) is 11.5 Å². The zero-order valence-electron chi connectivity index (χ0n) is 11.1. The fraction of sp³-hybridized carbons (Fsp3) is 0.267. The fourth-order valence-electron chi connectivity index (χ4n) is 2.18. The minimum Gasteiger partial charge on any atom is -0.348 e. The van der Waals surface area contributed by atoms with Crippen LogP contribution in [0.25, 0.3) is 0 Å². The molecule has 1 heterocycles. The van der Waals surface area contributed by atoms with Gasteiger partial charge in [-0.05, 0) is 37.1 Å². The number of anilines is 1. The van der Waals surface area contributed by atoms with Crippen LogP contribution >= 0.6 is 11.6 Å². The largest absolute Gasteiger partial charge is 0.348 e. The van der Waals surface area contributed by atoms with Gasteiger partial charge in [0.05, 0.1) is 0 Å². The topological polar surface area (TPSA) is 52.8 Å². The fourth-order valence-corrected chi connectivity index (χ4v) is 2.40. The van der Waals surface area contributed by atoms with Gasteiger partial charge in [-0.3, -0.25) is 0 Å². The average Bonchev–Trinajstić information content (AvgIpc) is 3.32. The van der Waals surface area contributed by atoms with Gasteiger partial charge in [0, 0.05) is 23.2 Å². The second-order valence-electron chi connectivity index (χ2n) is 4.95. The SMILES string of the molecule is N#Cc1ccc(N(Cc2c(F)cccc2Cl)C2CC2)nn1. The van der Waals surface area contributed by atoms with E-state index < -0.39 is 0 Å². The number of hydrogen-bond acceptors (Lipinski definition) is 4. The molecule has 21 heavy (non-hydrogen) atoms. The van der Waals surface area contributed by atoms with Crippen LogP contribution in [0, 0.1) is 17.1 Å². The standard InChI is InChI=1S/C15H12ClFN4/c16-13-2-1-3-14(17)12(13)9-21(11-5-6-11)15-7-4-10(8-18)19-20-15/h1-4,7,11H,5-6,9H2. The number of hydrogen-bond donors (Lipinski definition) is 0. The number of halogens is 2. The molecule has 1 aliphatic carbocycles. The second-order valence-corrected chi connectivity index (χ2v) is 5.36. The van der Waals surface area contributed by atoms with Crippen molar-refractivity contribution >= 4 is 17.4 Å². The number of nitrogens with zero attached hydrogens (tertiary/aromatic N) is 4. The van der Waals surface area contributed by atoms with Gasteiger partial charge in [0.25, 0.3) is 0 Å². The quantitative estimate of drug-likeness (QED) is 0.869. The number of rotatable bonds is 4. The Hall–Kier alpha value is -2.19. The van der Waals surface area contributed by atoms with Crippen LogP contribution < -0.4 is 4.90 Å². The Morgan fingerprint density at radius 3 is 2.67 bits per heavy atom. The van der Waals surface area contributed by atoms with Crippen LogP contribution in [0.3, 0.4) is 0 Å². The third kappa shape index (κ3) is 2.96. The summed E-state index contributed by atoms with van der Waals surface area (Å²) >= 11 is 6.09. The Morgan fingerprint density at radius 2 is 2.10 bits per heavy atom. The molecule has 0 radical (unpaired) electrons. The van der Waals surface area contributed by atoms with E-state index in [4.69, 9.17) is 16.9 Å². The Balaban J connectivity index is 1.90. The summed E-state index contributed by atoms with van der Waals surface area (Å²) in [5.74, 6) is 0.311. The monoisotopic (exact) mass is 302 g/mol. The lowest BCUT2D eigenvalue weighted by Crippen LogP contribution is -2.27. The van der Waals surface area contributed by atoms with Crippen molar-refractivity contribution in [3.8, 4) is 6.07 Å². The molecule has 0 amide bonds. The van der Waals surface area contributed by atoms with Gasteiger partial charge < -0.3 is 4.90 Å². The third-order valence-corrected chi connectivity index (χ3v) is 3.79. The van der Waals surface area contributed by atoms with Crippen LogP contribution in [0.4, 0.5) is 10.2 Å². The van der Waals surface area contributed by atoms with Gasteiger partial charge in [-0.15, -0.1) is 10.2 Å². The lowest BCUT2D eigenvalue weighted by Gasteiger charge is -2.23. The number of aromatic nitrogens is 2. The van der Waals surface area contributed by atoms with Crippen LogP contribution in [-0.4, -0.2) is 16.2 Å². The van der Waals surface area contributed by atoms with E-state index in [2.05, 4.69) is 10.2 Å². The Kier molecular flexibility index (Phi) is 3.72. The van der Waals surface area contributed by atoms with Crippen molar-refractivity contribution in [2.75, 3.05) is 4.90 Å². The highest BCUT2D eigenvalue weighted by atomic mass is 35.5. The van der Waals surface area contributed by atoms with Crippen LogP contribution in [0.15, 0.2) is 30.3 Å². The van der Waals surface area contributed by atoms with Crippen molar-refractivity contribution in [3.63, 3.8) is 0 Å². The van der Waals surface area contributed by atoms with Crippen molar-refractivity contribution < 1.29 is 4.39 Å². The molecular formula is C15H12ClFN4. The first kappa shape index (κ1) is 13.8. The molecule has 6 heteroatoms. The van der Waals surface area contributed by atoms with Gasteiger partial charge in [-0.2, -0.15) is 5.26 Å². The van der Waals surface area contributed by atoms with Crippen LogP contribution in [0.2, 0.25) is 5.02 Å². The van der Waals surface area contributed by atoms with Gasteiger partial charge in [0.1, 0.15) is 11.9 Å². The molecule has 3 rings (SSSR count). The molecule has 4 nitrogen and oxygen atoms in total. The number of nitriles is 1. The van der Waals surface area contributed by atoms with E-state index in [9.17, 15) is 4.39 Å². The van der Waals surface area contributed by atoms with Crippen LogP contribution in [0.1, 0.15) is 24.1 Å². The highest BCUT2D eigenvalue weighted by Gasteiger charge is 2.31. The van der Waals surface area contributed by atoms with Gasteiger partial charge in [0.15, 0.2) is 11.5 Å². The van der Waals surface area contributed by atoms with Crippen LogP contribution in [0.5, 0.6) is 0 Å². The average molecular weight is 303 g/mol. The molecular weight excluding hydrogens is 291 g/mol. The van der Waals surface area contributed by atoms with Crippen molar-refractivity contribution in [2.24, 2.45) is 0 Å². The smallest absolute Gasteiger partial charge is 0.163 e. The summed E-state index contributed by atoms with van der Waals surface area (Å²) in [5, 5.41) is 17.1. The van der Waals surface area contributed by atoms with E-state index in [0.29, 0.717) is 29.0 Å². The Bertz CT molecular complexity index is 672. The highest BCUT2D eigenvalue weighted by molar-refractivity contribution is 6.31. The highest BCUT2D eigenvalue weighted by Crippen LogP contribution is 2.33. The number of benzene rings is 1. The summed E-state index contributed by atoms with van der Waals surface area (Å²) in [6.07, 6.45) is 2.07. The molecule has 2 aromatic rings. The summed E-state index contributed by atoms with van der Waals surface area (Å²) in [4.78, 5) is 1.98. The summed E-state index contributed by atoms with van der Waals surface area (Å²) < 4.78 is 13.9. The van der Waals surface area contributed by atoms with Gasteiger partial charge >= 0.3 is 0 Å². The first-order valence-electron chi connectivity index (χ1n) is 6.62. The molecule has 106 valence electrons.